The quantitative estimate of drug-likeness (QED) is 0.578. The normalized spacial score (nSPS) is 22.4. The van der Waals surface area contributed by atoms with Crippen LogP contribution in [0.25, 0.3) is 22.2 Å². The molecule has 6 rings (SSSR count). The number of nitrogens with two attached hydrogens (primary N) is 1. The van der Waals surface area contributed by atoms with Crippen molar-refractivity contribution in [1.29, 1.82) is 0 Å². The first-order valence-electron chi connectivity index (χ1n) is 12.5. The van der Waals surface area contributed by atoms with Crippen LogP contribution in [0.5, 0.6) is 0 Å². The summed E-state index contributed by atoms with van der Waals surface area (Å²) < 4.78 is 2.33. The van der Waals surface area contributed by atoms with Crippen LogP contribution in [-0.4, -0.2) is 34.6 Å². The summed E-state index contributed by atoms with van der Waals surface area (Å²) in [7, 11) is 0. The van der Waals surface area contributed by atoms with Crippen molar-refractivity contribution < 1.29 is 14.7 Å². The van der Waals surface area contributed by atoms with Gasteiger partial charge in [-0.15, -0.1) is 0 Å². The molecule has 0 unspecified atom stereocenters. The number of fused-ring (bicyclic) bond motifs is 4. The number of aryl methyl sites for hydroxylation is 1. The Labute approximate surface area is 199 Å². The highest BCUT2D eigenvalue weighted by atomic mass is 16.4. The zero-order valence-corrected chi connectivity index (χ0v) is 19.6. The van der Waals surface area contributed by atoms with Crippen molar-refractivity contribution in [2.75, 3.05) is 18.0 Å². The van der Waals surface area contributed by atoms with Gasteiger partial charge in [-0.3, -0.25) is 4.79 Å². The summed E-state index contributed by atoms with van der Waals surface area (Å²) in [5.41, 5.74) is 12.4. The molecule has 3 heterocycles. The molecule has 6 heteroatoms. The van der Waals surface area contributed by atoms with Gasteiger partial charge in [0.25, 0.3) is 0 Å². The van der Waals surface area contributed by atoms with E-state index < -0.39 is 11.4 Å². The maximum Gasteiger partial charge on any atom is 0.335 e. The Morgan fingerprint density at radius 2 is 1.91 bits per heavy atom. The number of benzene rings is 2. The third kappa shape index (κ3) is 2.84. The number of para-hydroxylation sites is 1. The molecule has 1 aliphatic carbocycles. The smallest absolute Gasteiger partial charge is 0.335 e. The van der Waals surface area contributed by atoms with Gasteiger partial charge < -0.3 is 20.3 Å². The van der Waals surface area contributed by atoms with Gasteiger partial charge in [-0.25, -0.2) is 4.79 Å². The average molecular weight is 458 g/mol. The topological polar surface area (TPSA) is 88.6 Å². The van der Waals surface area contributed by atoms with Crippen LogP contribution in [0.15, 0.2) is 36.4 Å². The molecule has 1 atom stereocenters. The van der Waals surface area contributed by atoms with Crippen LogP contribution in [0, 0.1) is 0 Å². The first kappa shape index (κ1) is 21.4. The molecule has 1 aromatic heterocycles. The monoisotopic (exact) mass is 457 g/mol. The highest BCUT2D eigenvalue weighted by Gasteiger charge is 2.48. The molecule has 0 spiro atoms. The maximum atomic E-state index is 13.6. The standard InChI is InChI=1S/C28H31N3O3/c1-28(16-29)21-10-5-9-20-24(21)31(27(28)34)14-6-13-30-22-15-18(26(32)33)11-12-19(22)23(25(20)30)17-7-3-2-4-8-17/h5,9-12,15,17H,2-4,6-8,13-14,16,29H2,1H3,(H,32,33)/t28-/m0/s1. The molecule has 2 aromatic carbocycles. The fourth-order valence-corrected chi connectivity index (χ4v) is 6.62. The number of nitrogens with zero attached hydrogens (tertiary/aromatic N) is 2. The van der Waals surface area contributed by atoms with Crippen molar-refractivity contribution in [3.63, 3.8) is 0 Å². The van der Waals surface area contributed by atoms with E-state index in [-0.39, 0.29) is 12.5 Å². The SMILES string of the molecule is C[C@@]1(CN)C(=O)N2CCCn3c(c(C4CCCCC4)c4ccc(C(=O)O)cc43)-c3cccc1c32. The number of anilines is 1. The second-order valence-electron chi connectivity index (χ2n) is 10.3. The van der Waals surface area contributed by atoms with Gasteiger partial charge in [0.05, 0.1) is 22.4 Å². The molecule has 176 valence electrons. The summed E-state index contributed by atoms with van der Waals surface area (Å²) in [4.78, 5) is 27.3. The minimum atomic E-state index is -0.904. The van der Waals surface area contributed by atoms with Crippen molar-refractivity contribution in [2.45, 2.75) is 63.3 Å². The molecule has 34 heavy (non-hydrogen) atoms. The second kappa shape index (κ2) is 7.70. The molecule has 1 fully saturated rings. The number of aromatic carboxylic acids is 1. The van der Waals surface area contributed by atoms with E-state index >= 15 is 0 Å². The van der Waals surface area contributed by atoms with Gasteiger partial charge in [0.2, 0.25) is 5.91 Å². The van der Waals surface area contributed by atoms with E-state index in [1.54, 1.807) is 6.07 Å². The summed E-state index contributed by atoms with van der Waals surface area (Å²) in [6.45, 7) is 3.62. The predicted octanol–water partition coefficient (Wildman–Crippen LogP) is 5.02. The fraction of sp³-hybridized carbons (Fsp3) is 0.429. The summed E-state index contributed by atoms with van der Waals surface area (Å²) in [6, 6.07) is 11.8. The lowest BCUT2D eigenvalue weighted by molar-refractivity contribution is -0.122. The number of carboxylic acids is 1. The number of carbonyl (C=O) groups is 2. The van der Waals surface area contributed by atoms with Gasteiger partial charge in [0.15, 0.2) is 0 Å². The number of carboxylic acid groups (broad SMARTS) is 1. The van der Waals surface area contributed by atoms with Crippen LogP contribution in [0.2, 0.25) is 0 Å². The fourth-order valence-electron chi connectivity index (χ4n) is 6.62. The van der Waals surface area contributed by atoms with E-state index in [1.165, 1.54) is 30.5 Å². The van der Waals surface area contributed by atoms with Gasteiger partial charge in [-0.1, -0.05) is 43.5 Å². The molecule has 3 aromatic rings. The molecule has 1 saturated carbocycles. The molecule has 0 radical (unpaired) electrons. The third-order valence-corrected chi connectivity index (χ3v) is 8.41. The van der Waals surface area contributed by atoms with E-state index in [4.69, 9.17) is 5.73 Å². The van der Waals surface area contributed by atoms with E-state index in [0.29, 0.717) is 18.0 Å². The Balaban J connectivity index is 1.70. The number of amides is 1. The van der Waals surface area contributed by atoms with E-state index in [0.717, 1.165) is 53.5 Å². The van der Waals surface area contributed by atoms with Crippen molar-refractivity contribution in [3.8, 4) is 11.3 Å². The summed E-state index contributed by atoms with van der Waals surface area (Å²) in [5, 5.41) is 10.8. The van der Waals surface area contributed by atoms with Gasteiger partial charge in [-0.05, 0) is 55.4 Å². The molecule has 2 aliphatic heterocycles. The van der Waals surface area contributed by atoms with Crippen LogP contribution in [-0.2, 0) is 16.8 Å². The molecule has 3 N–H and O–H groups in total. The van der Waals surface area contributed by atoms with Gasteiger partial charge >= 0.3 is 5.97 Å². The third-order valence-electron chi connectivity index (χ3n) is 8.41. The molecular formula is C28H31N3O3. The Hall–Kier alpha value is -3.12. The van der Waals surface area contributed by atoms with Crippen LogP contribution in [0.4, 0.5) is 5.69 Å². The summed E-state index contributed by atoms with van der Waals surface area (Å²) in [6.07, 6.45) is 6.79. The lowest BCUT2D eigenvalue weighted by Gasteiger charge is -2.28. The number of rotatable bonds is 3. The highest BCUT2D eigenvalue weighted by Crippen LogP contribution is 2.52. The average Bonchev–Trinajstić information content (AvgIpc) is 3.28. The summed E-state index contributed by atoms with van der Waals surface area (Å²) in [5.74, 6) is -0.377. The van der Waals surface area contributed by atoms with E-state index in [9.17, 15) is 14.7 Å². The van der Waals surface area contributed by atoms with Crippen molar-refractivity contribution in [2.24, 2.45) is 5.73 Å². The van der Waals surface area contributed by atoms with Crippen LogP contribution >= 0.6 is 0 Å². The summed E-state index contributed by atoms with van der Waals surface area (Å²) >= 11 is 0. The van der Waals surface area contributed by atoms with Crippen molar-refractivity contribution in [1.82, 2.24) is 4.57 Å². The highest BCUT2D eigenvalue weighted by molar-refractivity contribution is 6.12. The Bertz CT molecular complexity index is 1330. The van der Waals surface area contributed by atoms with Crippen molar-refractivity contribution in [3.05, 3.63) is 53.1 Å². The van der Waals surface area contributed by atoms with Crippen LogP contribution < -0.4 is 10.6 Å². The van der Waals surface area contributed by atoms with Crippen LogP contribution in [0.3, 0.4) is 0 Å². The Kier molecular flexibility index (Phi) is 4.85. The zero-order valence-electron chi connectivity index (χ0n) is 19.6. The number of hydrogen-bond donors (Lipinski definition) is 2. The predicted molar refractivity (Wildman–Crippen MR) is 134 cm³/mol. The number of carbonyl (C=O) groups excluding carboxylic acids is 1. The number of aromatic nitrogens is 1. The van der Waals surface area contributed by atoms with Gasteiger partial charge in [0, 0.05) is 36.1 Å². The van der Waals surface area contributed by atoms with Crippen LogP contribution in [0.1, 0.15) is 72.9 Å². The Morgan fingerprint density at radius 1 is 1.12 bits per heavy atom. The largest absolute Gasteiger partial charge is 0.478 e. The molecule has 0 saturated heterocycles. The molecule has 6 nitrogen and oxygen atoms in total. The first-order valence-corrected chi connectivity index (χ1v) is 12.5. The Morgan fingerprint density at radius 3 is 2.65 bits per heavy atom. The zero-order chi connectivity index (χ0) is 23.6. The lowest BCUT2D eigenvalue weighted by atomic mass is 9.80. The van der Waals surface area contributed by atoms with E-state index in [2.05, 4.69) is 22.8 Å². The first-order chi connectivity index (χ1) is 16.5. The maximum absolute atomic E-state index is 13.6. The second-order valence-corrected chi connectivity index (χ2v) is 10.3. The molecular weight excluding hydrogens is 426 g/mol. The lowest BCUT2D eigenvalue weighted by Crippen LogP contribution is -2.43. The minimum absolute atomic E-state index is 0.0920. The molecule has 1 amide bonds. The number of hydrogen-bond acceptors (Lipinski definition) is 3. The minimum Gasteiger partial charge on any atom is -0.478 e. The molecule has 0 bridgehead atoms. The van der Waals surface area contributed by atoms with E-state index in [1.807, 2.05) is 24.0 Å². The van der Waals surface area contributed by atoms with Gasteiger partial charge in [0.1, 0.15) is 0 Å². The van der Waals surface area contributed by atoms with Crippen molar-refractivity contribution >= 4 is 28.5 Å². The van der Waals surface area contributed by atoms with Gasteiger partial charge in [-0.2, -0.15) is 0 Å². The molecule has 3 aliphatic rings.